The summed E-state index contributed by atoms with van der Waals surface area (Å²) in [6.07, 6.45) is 1.38. The number of hydrogen-bond donors (Lipinski definition) is 0. The molecule has 0 saturated heterocycles. The van der Waals surface area contributed by atoms with Gasteiger partial charge in [-0.25, -0.2) is 0 Å². The standard InChI is InChI=1S/C16H15NO2/c1-19-14-9-7-13(8-10-14)17-15-5-3-2-4-12(15)6-11-16(17)18/h2-5,7-10H,6,11H2,1H3. The molecule has 1 amide bonds. The quantitative estimate of drug-likeness (QED) is 0.821. The highest BCUT2D eigenvalue weighted by molar-refractivity contribution is 6.03. The lowest BCUT2D eigenvalue weighted by Crippen LogP contribution is -2.30. The molecule has 96 valence electrons. The maximum Gasteiger partial charge on any atom is 0.231 e. The van der Waals surface area contributed by atoms with Crippen LogP contribution < -0.4 is 9.64 Å². The SMILES string of the molecule is COc1ccc(N2C(=O)CCc3ccccc32)cc1. The highest BCUT2D eigenvalue weighted by atomic mass is 16.5. The predicted octanol–water partition coefficient (Wildman–Crippen LogP) is 3.31. The molecule has 1 heterocycles. The Morgan fingerprint density at radius 2 is 1.74 bits per heavy atom. The van der Waals surface area contributed by atoms with Crippen LogP contribution in [-0.4, -0.2) is 13.0 Å². The van der Waals surface area contributed by atoms with Crippen LogP contribution in [-0.2, 0) is 11.2 Å². The summed E-state index contributed by atoms with van der Waals surface area (Å²) < 4.78 is 5.15. The number of fused-ring (bicyclic) bond motifs is 1. The third-order valence-corrected chi connectivity index (χ3v) is 3.42. The van der Waals surface area contributed by atoms with Crippen molar-refractivity contribution >= 4 is 17.3 Å². The van der Waals surface area contributed by atoms with E-state index in [4.69, 9.17) is 4.74 Å². The minimum atomic E-state index is 0.142. The lowest BCUT2D eigenvalue weighted by atomic mass is 10.0. The van der Waals surface area contributed by atoms with E-state index in [1.165, 1.54) is 5.56 Å². The van der Waals surface area contributed by atoms with E-state index < -0.39 is 0 Å². The number of carbonyl (C=O) groups excluding carboxylic acids is 1. The van der Waals surface area contributed by atoms with Crippen molar-refractivity contribution in [2.75, 3.05) is 12.0 Å². The molecule has 3 nitrogen and oxygen atoms in total. The van der Waals surface area contributed by atoms with E-state index in [0.29, 0.717) is 6.42 Å². The van der Waals surface area contributed by atoms with Gasteiger partial charge in [0, 0.05) is 12.1 Å². The first-order chi connectivity index (χ1) is 9.29. The van der Waals surface area contributed by atoms with Crippen molar-refractivity contribution in [1.29, 1.82) is 0 Å². The van der Waals surface area contributed by atoms with Crippen LogP contribution in [0.5, 0.6) is 5.75 Å². The Hall–Kier alpha value is -2.29. The van der Waals surface area contributed by atoms with Crippen molar-refractivity contribution in [3.8, 4) is 5.75 Å². The first-order valence-electron chi connectivity index (χ1n) is 6.34. The van der Waals surface area contributed by atoms with Gasteiger partial charge in [0.1, 0.15) is 5.75 Å². The monoisotopic (exact) mass is 253 g/mol. The Morgan fingerprint density at radius 3 is 2.47 bits per heavy atom. The number of carbonyl (C=O) groups is 1. The number of rotatable bonds is 2. The minimum absolute atomic E-state index is 0.142. The fourth-order valence-corrected chi connectivity index (χ4v) is 2.44. The fraction of sp³-hybridized carbons (Fsp3) is 0.188. The molecule has 0 fully saturated rings. The maximum atomic E-state index is 12.2. The number of benzene rings is 2. The van der Waals surface area contributed by atoms with Crippen LogP contribution in [0, 0.1) is 0 Å². The second-order valence-corrected chi connectivity index (χ2v) is 4.56. The number of para-hydroxylation sites is 1. The molecule has 2 aromatic rings. The lowest BCUT2D eigenvalue weighted by molar-refractivity contribution is -0.118. The Bertz CT molecular complexity index is 604. The molecule has 2 aromatic carbocycles. The number of amides is 1. The van der Waals surface area contributed by atoms with Crippen molar-refractivity contribution < 1.29 is 9.53 Å². The highest BCUT2D eigenvalue weighted by Gasteiger charge is 2.24. The van der Waals surface area contributed by atoms with Gasteiger partial charge in [-0.1, -0.05) is 18.2 Å². The molecule has 3 rings (SSSR count). The van der Waals surface area contributed by atoms with Gasteiger partial charge in [0.25, 0.3) is 0 Å². The minimum Gasteiger partial charge on any atom is -0.497 e. The number of methoxy groups -OCH3 is 1. The zero-order valence-electron chi connectivity index (χ0n) is 10.8. The van der Waals surface area contributed by atoms with Crippen molar-refractivity contribution in [2.45, 2.75) is 12.8 Å². The van der Waals surface area contributed by atoms with Crippen LogP contribution in [0.2, 0.25) is 0 Å². The molecule has 0 radical (unpaired) electrons. The Morgan fingerprint density at radius 1 is 1.00 bits per heavy atom. The summed E-state index contributed by atoms with van der Waals surface area (Å²) in [6, 6.07) is 15.6. The Balaban J connectivity index is 2.05. The van der Waals surface area contributed by atoms with Crippen LogP contribution in [0.15, 0.2) is 48.5 Å². The summed E-state index contributed by atoms with van der Waals surface area (Å²) in [5.41, 5.74) is 3.10. The largest absolute Gasteiger partial charge is 0.497 e. The van der Waals surface area contributed by atoms with Gasteiger partial charge >= 0.3 is 0 Å². The maximum absolute atomic E-state index is 12.2. The first kappa shape index (κ1) is 11.8. The number of nitrogens with zero attached hydrogens (tertiary/aromatic N) is 1. The van der Waals surface area contributed by atoms with Gasteiger partial charge in [-0.15, -0.1) is 0 Å². The molecule has 1 aliphatic rings. The van der Waals surface area contributed by atoms with Gasteiger partial charge in [0.2, 0.25) is 5.91 Å². The molecule has 19 heavy (non-hydrogen) atoms. The lowest BCUT2D eigenvalue weighted by Gasteiger charge is -2.29. The second-order valence-electron chi connectivity index (χ2n) is 4.56. The Kier molecular flexibility index (Phi) is 2.95. The van der Waals surface area contributed by atoms with E-state index in [1.54, 1.807) is 12.0 Å². The molecule has 3 heteroatoms. The topological polar surface area (TPSA) is 29.5 Å². The molecule has 0 unspecified atom stereocenters. The summed E-state index contributed by atoms with van der Waals surface area (Å²) in [4.78, 5) is 14.0. The zero-order chi connectivity index (χ0) is 13.2. The van der Waals surface area contributed by atoms with Crippen LogP contribution in [0.25, 0.3) is 0 Å². The van der Waals surface area contributed by atoms with E-state index in [0.717, 1.165) is 23.5 Å². The van der Waals surface area contributed by atoms with E-state index in [2.05, 4.69) is 6.07 Å². The third-order valence-electron chi connectivity index (χ3n) is 3.42. The van der Waals surface area contributed by atoms with Crippen LogP contribution >= 0.6 is 0 Å². The smallest absolute Gasteiger partial charge is 0.231 e. The molecule has 0 aromatic heterocycles. The normalized spacial score (nSPS) is 14.2. The average Bonchev–Trinajstić information content (AvgIpc) is 2.47. The molecule has 0 saturated carbocycles. The first-order valence-corrected chi connectivity index (χ1v) is 6.34. The number of aryl methyl sites for hydroxylation is 1. The summed E-state index contributed by atoms with van der Waals surface area (Å²) in [5.74, 6) is 0.936. The summed E-state index contributed by atoms with van der Waals surface area (Å²) in [7, 11) is 1.64. The van der Waals surface area contributed by atoms with Gasteiger partial charge in [-0.05, 0) is 42.3 Å². The third kappa shape index (κ3) is 2.08. The van der Waals surface area contributed by atoms with Crippen LogP contribution in [0.4, 0.5) is 11.4 Å². The zero-order valence-corrected chi connectivity index (χ0v) is 10.8. The number of ether oxygens (including phenoxy) is 1. The molecule has 0 aliphatic carbocycles. The van der Waals surface area contributed by atoms with Gasteiger partial charge in [-0.3, -0.25) is 9.69 Å². The summed E-state index contributed by atoms with van der Waals surface area (Å²) >= 11 is 0. The predicted molar refractivity (Wildman–Crippen MR) is 74.9 cm³/mol. The van der Waals surface area contributed by atoms with Gasteiger partial charge in [-0.2, -0.15) is 0 Å². The fourth-order valence-electron chi connectivity index (χ4n) is 2.44. The molecular weight excluding hydrogens is 238 g/mol. The van der Waals surface area contributed by atoms with E-state index in [9.17, 15) is 4.79 Å². The molecule has 0 atom stereocenters. The molecule has 0 spiro atoms. The van der Waals surface area contributed by atoms with E-state index in [1.807, 2.05) is 42.5 Å². The van der Waals surface area contributed by atoms with Crippen LogP contribution in [0.3, 0.4) is 0 Å². The Labute approximate surface area is 112 Å². The van der Waals surface area contributed by atoms with Crippen molar-refractivity contribution in [2.24, 2.45) is 0 Å². The molecule has 0 N–H and O–H groups in total. The summed E-state index contributed by atoms with van der Waals surface area (Å²) in [5, 5.41) is 0. The average molecular weight is 253 g/mol. The van der Waals surface area contributed by atoms with Crippen molar-refractivity contribution in [3.63, 3.8) is 0 Å². The molecule has 1 aliphatic heterocycles. The van der Waals surface area contributed by atoms with E-state index in [-0.39, 0.29) is 5.91 Å². The number of anilines is 2. The summed E-state index contributed by atoms with van der Waals surface area (Å²) in [6.45, 7) is 0. The van der Waals surface area contributed by atoms with Gasteiger partial charge in [0.15, 0.2) is 0 Å². The van der Waals surface area contributed by atoms with Gasteiger partial charge in [0.05, 0.1) is 12.8 Å². The van der Waals surface area contributed by atoms with E-state index >= 15 is 0 Å². The molecule has 0 bridgehead atoms. The van der Waals surface area contributed by atoms with Crippen molar-refractivity contribution in [1.82, 2.24) is 0 Å². The van der Waals surface area contributed by atoms with Gasteiger partial charge < -0.3 is 4.74 Å². The number of hydrogen-bond acceptors (Lipinski definition) is 2. The highest BCUT2D eigenvalue weighted by Crippen LogP contribution is 2.34. The van der Waals surface area contributed by atoms with Crippen LogP contribution in [0.1, 0.15) is 12.0 Å². The second kappa shape index (κ2) is 4.76. The molecular formula is C16H15NO2. The van der Waals surface area contributed by atoms with Crippen molar-refractivity contribution in [3.05, 3.63) is 54.1 Å².